The van der Waals surface area contributed by atoms with Crippen LogP contribution in [0.5, 0.6) is 0 Å². The third-order valence-electron chi connectivity index (χ3n) is 3.59. The first-order valence-electron chi connectivity index (χ1n) is 6.48. The third kappa shape index (κ3) is 2.38. The van der Waals surface area contributed by atoms with E-state index in [0.29, 0.717) is 6.04 Å². The SMILES string of the molecule is CC(Nc1cnns1)c1ccc2c(c1)CCCC2. The second-order valence-corrected chi connectivity index (χ2v) is 5.67. The highest BCUT2D eigenvalue weighted by molar-refractivity contribution is 7.09. The van der Waals surface area contributed by atoms with Gasteiger partial charge in [-0.25, -0.2) is 0 Å². The lowest BCUT2D eigenvalue weighted by Crippen LogP contribution is -2.08. The van der Waals surface area contributed by atoms with E-state index in [1.165, 1.54) is 53.9 Å². The second-order valence-electron chi connectivity index (χ2n) is 4.88. The molecule has 94 valence electrons. The fourth-order valence-corrected chi connectivity index (χ4v) is 3.06. The van der Waals surface area contributed by atoms with E-state index < -0.39 is 0 Å². The Morgan fingerprint density at radius 3 is 2.83 bits per heavy atom. The molecule has 0 aliphatic heterocycles. The summed E-state index contributed by atoms with van der Waals surface area (Å²) in [6.45, 7) is 2.18. The largest absolute Gasteiger partial charge is 0.368 e. The summed E-state index contributed by atoms with van der Waals surface area (Å²) >= 11 is 1.40. The van der Waals surface area contributed by atoms with Gasteiger partial charge in [-0.15, -0.1) is 5.10 Å². The van der Waals surface area contributed by atoms with E-state index in [1.807, 2.05) is 0 Å². The van der Waals surface area contributed by atoms with Gasteiger partial charge in [0.15, 0.2) is 0 Å². The maximum atomic E-state index is 3.87. The number of rotatable bonds is 3. The molecular weight excluding hydrogens is 242 g/mol. The number of nitrogens with one attached hydrogen (secondary N) is 1. The van der Waals surface area contributed by atoms with Gasteiger partial charge < -0.3 is 5.32 Å². The standard InChI is InChI=1S/C14H17N3S/c1-10(16-14-9-15-17-18-14)12-7-6-11-4-2-3-5-13(11)8-12/h6-10,16H,2-5H2,1H3. The zero-order valence-electron chi connectivity index (χ0n) is 10.5. The van der Waals surface area contributed by atoms with Crippen LogP contribution in [-0.2, 0) is 12.8 Å². The summed E-state index contributed by atoms with van der Waals surface area (Å²) < 4.78 is 3.87. The minimum absolute atomic E-state index is 0.305. The van der Waals surface area contributed by atoms with Crippen LogP contribution in [0.15, 0.2) is 24.4 Å². The lowest BCUT2D eigenvalue weighted by atomic mass is 9.89. The molecule has 1 aliphatic carbocycles. The minimum atomic E-state index is 0.305. The van der Waals surface area contributed by atoms with Crippen LogP contribution >= 0.6 is 11.5 Å². The predicted octanol–water partition coefficient (Wildman–Crippen LogP) is 3.59. The van der Waals surface area contributed by atoms with Crippen LogP contribution in [0, 0.1) is 0 Å². The molecule has 1 atom stereocenters. The number of hydrogen-bond donors (Lipinski definition) is 1. The van der Waals surface area contributed by atoms with Gasteiger partial charge in [-0.05, 0) is 49.3 Å². The van der Waals surface area contributed by atoms with Crippen LogP contribution in [-0.4, -0.2) is 9.59 Å². The molecule has 0 spiro atoms. The summed E-state index contributed by atoms with van der Waals surface area (Å²) in [5.74, 6) is 0. The lowest BCUT2D eigenvalue weighted by Gasteiger charge is -2.19. The molecule has 1 heterocycles. The van der Waals surface area contributed by atoms with Gasteiger partial charge in [-0.1, -0.05) is 22.7 Å². The molecule has 3 rings (SSSR count). The van der Waals surface area contributed by atoms with Gasteiger partial charge in [0.25, 0.3) is 0 Å². The van der Waals surface area contributed by atoms with Crippen molar-refractivity contribution in [3.63, 3.8) is 0 Å². The van der Waals surface area contributed by atoms with E-state index in [1.54, 1.807) is 6.20 Å². The van der Waals surface area contributed by atoms with Crippen LogP contribution in [0.25, 0.3) is 0 Å². The number of benzene rings is 1. The molecule has 0 amide bonds. The molecule has 1 aliphatic rings. The van der Waals surface area contributed by atoms with E-state index >= 15 is 0 Å². The summed E-state index contributed by atoms with van der Waals surface area (Å²) in [7, 11) is 0. The molecule has 1 aromatic heterocycles. The predicted molar refractivity (Wildman–Crippen MR) is 75.0 cm³/mol. The monoisotopic (exact) mass is 259 g/mol. The van der Waals surface area contributed by atoms with Crippen molar-refractivity contribution in [2.75, 3.05) is 5.32 Å². The third-order valence-corrected chi connectivity index (χ3v) is 4.19. The Hall–Kier alpha value is -1.42. The Labute approximate surface area is 111 Å². The summed E-state index contributed by atoms with van der Waals surface area (Å²) in [5.41, 5.74) is 4.43. The van der Waals surface area contributed by atoms with Crippen LogP contribution in [0.1, 0.15) is 42.5 Å². The maximum absolute atomic E-state index is 3.87. The van der Waals surface area contributed by atoms with Crippen molar-refractivity contribution in [1.82, 2.24) is 9.59 Å². The summed E-state index contributed by atoms with van der Waals surface area (Å²) in [6, 6.07) is 7.21. The Bertz CT molecular complexity index is 522. The van der Waals surface area contributed by atoms with Gasteiger partial charge in [-0.2, -0.15) is 0 Å². The van der Waals surface area contributed by atoms with Gasteiger partial charge in [-0.3, -0.25) is 0 Å². The Morgan fingerprint density at radius 2 is 2.06 bits per heavy atom. The zero-order valence-corrected chi connectivity index (χ0v) is 11.3. The zero-order chi connectivity index (χ0) is 12.4. The lowest BCUT2D eigenvalue weighted by molar-refractivity contribution is 0.683. The van der Waals surface area contributed by atoms with E-state index in [4.69, 9.17) is 0 Å². The van der Waals surface area contributed by atoms with Crippen molar-refractivity contribution in [3.8, 4) is 0 Å². The highest BCUT2D eigenvalue weighted by atomic mass is 32.1. The number of fused-ring (bicyclic) bond motifs is 1. The van der Waals surface area contributed by atoms with Crippen molar-refractivity contribution in [1.29, 1.82) is 0 Å². The topological polar surface area (TPSA) is 37.8 Å². The van der Waals surface area contributed by atoms with Crippen LogP contribution in [0.4, 0.5) is 5.00 Å². The number of anilines is 1. The number of aryl methyl sites for hydroxylation is 2. The Morgan fingerprint density at radius 1 is 1.22 bits per heavy atom. The molecule has 1 aromatic carbocycles. The van der Waals surface area contributed by atoms with Crippen LogP contribution in [0.2, 0.25) is 0 Å². The fraction of sp³-hybridized carbons (Fsp3) is 0.429. The Balaban J connectivity index is 1.79. The number of hydrogen-bond acceptors (Lipinski definition) is 4. The minimum Gasteiger partial charge on any atom is -0.368 e. The first kappa shape index (κ1) is 11.7. The smallest absolute Gasteiger partial charge is 0.130 e. The average Bonchev–Trinajstić information content (AvgIpc) is 2.91. The van der Waals surface area contributed by atoms with Gasteiger partial charge >= 0.3 is 0 Å². The normalized spacial score (nSPS) is 16.1. The highest BCUT2D eigenvalue weighted by Gasteiger charge is 2.12. The van der Waals surface area contributed by atoms with Crippen LogP contribution < -0.4 is 5.32 Å². The molecule has 0 saturated heterocycles. The molecule has 0 saturated carbocycles. The second kappa shape index (κ2) is 5.06. The fourth-order valence-electron chi connectivity index (χ4n) is 2.55. The van der Waals surface area contributed by atoms with Crippen molar-refractivity contribution < 1.29 is 0 Å². The van der Waals surface area contributed by atoms with E-state index in [0.717, 1.165) is 5.00 Å². The van der Waals surface area contributed by atoms with Gasteiger partial charge in [0.05, 0.1) is 6.20 Å². The highest BCUT2D eigenvalue weighted by Crippen LogP contribution is 2.26. The number of nitrogens with zero attached hydrogens (tertiary/aromatic N) is 2. The first-order valence-corrected chi connectivity index (χ1v) is 7.26. The quantitative estimate of drug-likeness (QED) is 0.915. The van der Waals surface area contributed by atoms with Crippen molar-refractivity contribution in [3.05, 3.63) is 41.1 Å². The van der Waals surface area contributed by atoms with Crippen LogP contribution in [0.3, 0.4) is 0 Å². The summed E-state index contributed by atoms with van der Waals surface area (Å²) in [6.07, 6.45) is 6.93. The van der Waals surface area contributed by atoms with Gasteiger partial charge in [0, 0.05) is 17.6 Å². The summed E-state index contributed by atoms with van der Waals surface area (Å²) in [4.78, 5) is 0. The van der Waals surface area contributed by atoms with E-state index in [2.05, 4.69) is 40.0 Å². The van der Waals surface area contributed by atoms with E-state index in [9.17, 15) is 0 Å². The molecule has 0 radical (unpaired) electrons. The molecule has 2 aromatic rings. The summed E-state index contributed by atoms with van der Waals surface area (Å²) in [5, 5.41) is 8.31. The maximum Gasteiger partial charge on any atom is 0.130 e. The van der Waals surface area contributed by atoms with Gasteiger partial charge in [0.2, 0.25) is 0 Å². The van der Waals surface area contributed by atoms with Crippen molar-refractivity contribution in [2.24, 2.45) is 0 Å². The molecular formula is C14H17N3S. The molecule has 1 unspecified atom stereocenters. The van der Waals surface area contributed by atoms with Crippen molar-refractivity contribution >= 4 is 16.5 Å². The average molecular weight is 259 g/mol. The molecule has 4 heteroatoms. The molecule has 0 bridgehead atoms. The molecule has 18 heavy (non-hydrogen) atoms. The van der Waals surface area contributed by atoms with E-state index in [-0.39, 0.29) is 0 Å². The van der Waals surface area contributed by atoms with Crippen molar-refractivity contribution in [2.45, 2.75) is 38.6 Å². The molecule has 3 nitrogen and oxygen atoms in total. The Kier molecular flexibility index (Phi) is 3.28. The first-order chi connectivity index (χ1) is 8.83. The molecule has 0 fully saturated rings. The molecule has 1 N–H and O–H groups in total. The van der Waals surface area contributed by atoms with Gasteiger partial charge in [0.1, 0.15) is 5.00 Å². The number of aromatic nitrogens is 2.